The molecule has 5 nitrogen and oxygen atoms in total. The first-order chi connectivity index (χ1) is 9.88. The number of nitrogens with zero attached hydrogens (tertiary/aromatic N) is 1. The fourth-order valence-electron chi connectivity index (χ4n) is 1.74. The molecule has 0 fully saturated rings. The molecular weight excluding hydrogens is 350 g/mol. The summed E-state index contributed by atoms with van der Waals surface area (Å²) < 4.78 is 28.6. The Labute approximate surface area is 126 Å². The Balaban J connectivity index is 2.27. The van der Waals surface area contributed by atoms with E-state index in [1.54, 1.807) is 0 Å². The number of amides is 1. The Bertz CT molecular complexity index is 692. The number of carbonyl (C=O) groups is 2. The molecule has 21 heavy (non-hydrogen) atoms. The third-order valence-electron chi connectivity index (χ3n) is 2.61. The van der Waals surface area contributed by atoms with Gasteiger partial charge in [-0.3, -0.25) is 9.59 Å². The first-order valence-corrected chi connectivity index (χ1v) is 6.50. The van der Waals surface area contributed by atoms with E-state index in [1.165, 1.54) is 18.3 Å². The number of aromatic nitrogens is 1. The summed E-state index contributed by atoms with van der Waals surface area (Å²) in [6, 6.07) is 4.84. The summed E-state index contributed by atoms with van der Waals surface area (Å²) >= 11 is 2.93. The number of carbonyl (C=O) groups excluding carboxylic acids is 1. The Kier molecular flexibility index (Phi) is 4.37. The lowest BCUT2D eigenvalue weighted by Gasteiger charge is -2.10. The maximum atomic E-state index is 13.6. The van der Waals surface area contributed by atoms with Crippen molar-refractivity contribution in [3.05, 3.63) is 52.3 Å². The van der Waals surface area contributed by atoms with Crippen LogP contribution in [0.5, 0.6) is 0 Å². The van der Waals surface area contributed by atoms with Crippen molar-refractivity contribution in [2.75, 3.05) is 5.32 Å². The molecule has 0 spiro atoms. The van der Waals surface area contributed by atoms with E-state index in [2.05, 4.69) is 21.2 Å². The summed E-state index contributed by atoms with van der Waals surface area (Å²) in [5.41, 5.74) is -0.606. The van der Waals surface area contributed by atoms with Crippen molar-refractivity contribution in [3.63, 3.8) is 0 Å². The molecule has 0 radical (unpaired) electrons. The number of halogens is 3. The number of aliphatic carboxylic acids is 1. The van der Waals surface area contributed by atoms with Crippen molar-refractivity contribution in [1.82, 2.24) is 4.57 Å². The fraction of sp³-hybridized carbons (Fsp3) is 0.0769. The predicted molar refractivity (Wildman–Crippen MR) is 74.1 cm³/mol. The van der Waals surface area contributed by atoms with Gasteiger partial charge in [0.15, 0.2) is 11.6 Å². The zero-order valence-electron chi connectivity index (χ0n) is 10.4. The van der Waals surface area contributed by atoms with Gasteiger partial charge in [-0.25, -0.2) is 8.78 Å². The van der Waals surface area contributed by atoms with E-state index in [-0.39, 0.29) is 10.2 Å². The Morgan fingerprint density at radius 2 is 1.90 bits per heavy atom. The van der Waals surface area contributed by atoms with Gasteiger partial charge in [0.1, 0.15) is 17.9 Å². The first-order valence-electron chi connectivity index (χ1n) is 5.71. The molecule has 1 aromatic heterocycles. The topological polar surface area (TPSA) is 71.3 Å². The van der Waals surface area contributed by atoms with Crippen molar-refractivity contribution >= 4 is 33.5 Å². The van der Waals surface area contributed by atoms with Gasteiger partial charge in [0, 0.05) is 10.7 Å². The number of carboxylic acids is 1. The van der Waals surface area contributed by atoms with Crippen LogP contribution in [-0.4, -0.2) is 21.6 Å². The molecule has 0 bridgehead atoms. The summed E-state index contributed by atoms with van der Waals surface area (Å²) in [7, 11) is 0. The predicted octanol–water partition coefficient (Wildman–Crippen LogP) is 2.87. The van der Waals surface area contributed by atoms with Crippen LogP contribution >= 0.6 is 15.9 Å². The van der Waals surface area contributed by atoms with Gasteiger partial charge in [0.25, 0.3) is 5.91 Å². The molecule has 1 heterocycles. The minimum Gasteiger partial charge on any atom is -0.480 e. The normalized spacial score (nSPS) is 10.4. The average Bonchev–Trinajstić information content (AvgIpc) is 2.80. The second-order valence-corrected chi connectivity index (χ2v) is 5.03. The lowest BCUT2D eigenvalue weighted by Crippen LogP contribution is -2.20. The molecule has 8 heteroatoms. The Morgan fingerprint density at radius 1 is 1.29 bits per heavy atom. The highest BCUT2D eigenvalue weighted by molar-refractivity contribution is 9.10. The Hall–Kier alpha value is -2.22. The van der Waals surface area contributed by atoms with Crippen LogP contribution in [-0.2, 0) is 11.3 Å². The average molecular weight is 359 g/mol. The quantitative estimate of drug-likeness (QED) is 0.882. The largest absolute Gasteiger partial charge is 0.480 e. The summed E-state index contributed by atoms with van der Waals surface area (Å²) in [4.78, 5) is 22.7. The highest BCUT2D eigenvalue weighted by atomic mass is 79.9. The molecular formula is C13H9BrF2N2O3. The van der Waals surface area contributed by atoms with Crippen molar-refractivity contribution in [1.29, 1.82) is 0 Å². The molecule has 1 aromatic carbocycles. The molecule has 0 aliphatic heterocycles. The summed E-state index contributed by atoms with van der Waals surface area (Å²) in [5, 5.41) is 10.8. The maximum Gasteiger partial charge on any atom is 0.323 e. The molecule has 0 atom stereocenters. The molecule has 0 saturated carbocycles. The summed E-state index contributed by atoms with van der Waals surface area (Å²) in [6.07, 6.45) is 1.39. The van der Waals surface area contributed by atoms with Gasteiger partial charge in [-0.1, -0.05) is 15.9 Å². The highest BCUT2D eigenvalue weighted by Crippen LogP contribution is 2.24. The maximum absolute atomic E-state index is 13.6. The van der Waals surface area contributed by atoms with Crippen molar-refractivity contribution in [2.24, 2.45) is 0 Å². The van der Waals surface area contributed by atoms with Gasteiger partial charge in [-0.2, -0.15) is 0 Å². The van der Waals surface area contributed by atoms with E-state index in [0.717, 1.165) is 16.7 Å². The van der Waals surface area contributed by atoms with E-state index in [4.69, 9.17) is 5.11 Å². The van der Waals surface area contributed by atoms with Crippen LogP contribution in [0.3, 0.4) is 0 Å². The number of hydrogen-bond donors (Lipinski definition) is 2. The first kappa shape index (κ1) is 15.2. The fourth-order valence-corrected chi connectivity index (χ4v) is 2.14. The molecule has 0 saturated heterocycles. The molecule has 2 N–H and O–H groups in total. The van der Waals surface area contributed by atoms with E-state index < -0.39 is 35.7 Å². The SMILES string of the molecule is O=C(O)Cn1cccc1C(=O)Nc1c(F)cc(Br)cc1F. The second kappa shape index (κ2) is 6.04. The van der Waals surface area contributed by atoms with E-state index in [9.17, 15) is 18.4 Å². The van der Waals surface area contributed by atoms with Crippen LogP contribution < -0.4 is 5.32 Å². The van der Waals surface area contributed by atoms with Gasteiger partial charge in [-0.15, -0.1) is 0 Å². The van der Waals surface area contributed by atoms with Crippen molar-refractivity contribution in [3.8, 4) is 0 Å². The lowest BCUT2D eigenvalue weighted by molar-refractivity contribution is -0.137. The summed E-state index contributed by atoms with van der Waals surface area (Å²) in [6.45, 7) is -0.430. The number of carboxylic acid groups (broad SMARTS) is 1. The molecule has 2 rings (SSSR count). The van der Waals surface area contributed by atoms with Crippen LogP contribution in [0.15, 0.2) is 34.9 Å². The van der Waals surface area contributed by atoms with Gasteiger partial charge in [0.2, 0.25) is 0 Å². The van der Waals surface area contributed by atoms with Gasteiger partial charge >= 0.3 is 5.97 Å². The van der Waals surface area contributed by atoms with Crippen LogP contribution in [0.2, 0.25) is 0 Å². The third kappa shape index (κ3) is 3.46. The van der Waals surface area contributed by atoms with Gasteiger partial charge < -0.3 is 15.0 Å². The van der Waals surface area contributed by atoms with E-state index >= 15 is 0 Å². The molecule has 0 aliphatic carbocycles. The number of nitrogens with one attached hydrogen (secondary N) is 1. The van der Waals surface area contributed by atoms with E-state index in [1.807, 2.05) is 0 Å². The van der Waals surface area contributed by atoms with Gasteiger partial charge in [0.05, 0.1) is 0 Å². The number of benzene rings is 1. The minimum absolute atomic E-state index is 0.0147. The highest BCUT2D eigenvalue weighted by Gasteiger charge is 2.17. The van der Waals surface area contributed by atoms with Crippen LogP contribution in [0, 0.1) is 11.6 Å². The zero-order valence-corrected chi connectivity index (χ0v) is 12.0. The van der Waals surface area contributed by atoms with Gasteiger partial charge in [-0.05, 0) is 24.3 Å². The van der Waals surface area contributed by atoms with Crippen LogP contribution in [0.1, 0.15) is 10.5 Å². The van der Waals surface area contributed by atoms with Crippen LogP contribution in [0.25, 0.3) is 0 Å². The molecule has 2 aromatic rings. The monoisotopic (exact) mass is 358 g/mol. The molecule has 0 aliphatic rings. The minimum atomic E-state index is -1.14. The zero-order chi connectivity index (χ0) is 15.6. The van der Waals surface area contributed by atoms with Crippen molar-refractivity contribution < 1.29 is 23.5 Å². The smallest absolute Gasteiger partial charge is 0.323 e. The number of hydrogen-bond acceptors (Lipinski definition) is 2. The lowest BCUT2D eigenvalue weighted by atomic mass is 10.2. The van der Waals surface area contributed by atoms with E-state index in [0.29, 0.717) is 0 Å². The standard InChI is InChI=1S/C13H9BrF2N2O3/c14-7-4-8(15)12(9(16)5-7)17-13(21)10-2-1-3-18(10)6-11(19)20/h1-5H,6H2,(H,17,21)(H,19,20). The second-order valence-electron chi connectivity index (χ2n) is 4.11. The Morgan fingerprint density at radius 3 is 2.48 bits per heavy atom. The molecule has 0 unspecified atom stereocenters. The van der Waals surface area contributed by atoms with Crippen LogP contribution in [0.4, 0.5) is 14.5 Å². The number of rotatable bonds is 4. The molecule has 110 valence electrons. The summed E-state index contributed by atoms with van der Waals surface area (Å²) in [5.74, 6) is -3.82. The van der Waals surface area contributed by atoms with Crippen molar-refractivity contribution in [2.45, 2.75) is 6.54 Å². The number of anilines is 1. The third-order valence-corrected chi connectivity index (χ3v) is 3.07. The molecule has 1 amide bonds.